The molecule has 0 bridgehead atoms. The van der Waals surface area contributed by atoms with Crippen LogP contribution < -0.4 is 4.74 Å². The first-order valence-corrected chi connectivity index (χ1v) is 8.68. The van der Waals surface area contributed by atoms with E-state index in [-0.39, 0.29) is 0 Å². The van der Waals surface area contributed by atoms with Crippen LogP contribution in [0.15, 0.2) is 41.3 Å². The summed E-state index contributed by atoms with van der Waals surface area (Å²) in [4.78, 5) is 3.23. The van der Waals surface area contributed by atoms with E-state index in [2.05, 4.69) is 24.0 Å². The van der Waals surface area contributed by atoms with Gasteiger partial charge in [0.1, 0.15) is 17.6 Å². The maximum Gasteiger partial charge on any atom is 0.146 e. The van der Waals surface area contributed by atoms with Gasteiger partial charge in [-0.1, -0.05) is 30.7 Å². The van der Waals surface area contributed by atoms with Crippen LogP contribution in [0.4, 0.5) is 0 Å². The van der Waals surface area contributed by atoms with Gasteiger partial charge in [-0.3, -0.25) is 0 Å². The van der Waals surface area contributed by atoms with E-state index in [1.165, 1.54) is 5.56 Å². The van der Waals surface area contributed by atoms with Crippen LogP contribution in [0.25, 0.3) is 0 Å². The molecule has 3 nitrogen and oxygen atoms in total. The molecule has 0 radical (unpaired) electrons. The highest BCUT2D eigenvalue weighted by Gasteiger charge is 2.13. The van der Waals surface area contributed by atoms with Crippen molar-refractivity contribution in [3.8, 4) is 17.6 Å². The maximum absolute atomic E-state index is 9.25. The van der Waals surface area contributed by atoms with Gasteiger partial charge >= 0.3 is 0 Å². The van der Waals surface area contributed by atoms with E-state index in [1.54, 1.807) is 30.0 Å². The van der Waals surface area contributed by atoms with Crippen LogP contribution in [-0.4, -0.2) is 24.7 Å². The molecule has 0 fully saturated rings. The second-order valence-corrected chi connectivity index (χ2v) is 6.98. The molecule has 23 heavy (non-hydrogen) atoms. The van der Waals surface area contributed by atoms with Gasteiger partial charge < -0.3 is 9.64 Å². The molecule has 0 aliphatic heterocycles. The Labute approximate surface area is 146 Å². The fourth-order valence-corrected chi connectivity index (χ4v) is 3.23. The van der Waals surface area contributed by atoms with Crippen LogP contribution in [0.3, 0.4) is 0 Å². The van der Waals surface area contributed by atoms with Crippen molar-refractivity contribution in [1.82, 2.24) is 4.90 Å². The lowest BCUT2D eigenvalue weighted by molar-refractivity contribution is 0.395. The number of thioether (sulfide) groups is 1. The number of benzene rings is 2. The van der Waals surface area contributed by atoms with Crippen molar-refractivity contribution in [3.05, 3.63) is 52.5 Å². The quantitative estimate of drug-likeness (QED) is 0.675. The van der Waals surface area contributed by atoms with Gasteiger partial charge in [0.15, 0.2) is 0 Å². The number of hydrogen-bond acceptors (Lipinski definition) is 4. The van der Waals surface area contributed by atoms with Gasteiger partial charge in [0.25, 0.3) is 0 Å². The Balaban J connectivity index is 2.43. The predicted octanol–water partition coefficient (Wildman–Crippen LogP) is 5.18. The molecule has 0 amide bonds. The first-order valence-electron chi connectivity index (χ1n) is 7.32. The van der Waals surface area contributed by atoms with Crippen LogP contribution in [0.5, 0.6) is 11.5 Å². The largest absolute Gasteiger partial charge is 0.455 e. The lowest BCUT2D eigenvalue weighted by atomic mass is 10.2. The Hall–Kier alpha value is -1.67. The zero-order valence-corrected chi connectivity index (χ0v) is 15.0. The molecule has 5 heteroatoms. The molecule has 0 saturated carbocycles. The third-order valence-corrected chi connectivity index (χ3v) is 4.40. The molecule has 0 saturated heterocycles. The normalized spacial score (nSPS) is 10.6. The second-order valence-electron chi connectivity index (χ2n) is 5.27. The Bertz CT molecular complexity index is 725. The van der Waals surface area contributed by atoms with Crippen LogP contribution in [0.1, 0.15) is 18.1 Å². The summed E-state index contributed by atoms with van der Waals surface area (Å²) in [5.41, 5.74) is 1.68. The number of nitriles is 1. The molecule has 2 aromatic rings. The van der Waals surface area contributed by atoms with E-state index in [0.29, 0.717) is 16.3 Å². The minimum absolute atomic E-state index is 0.472. The van der Waals surface area contributed by atoms with E-state index in [1.807, 2.05) is 26.2 Å². The summed E-state index contributed by atoms with van der Waals surface area (Å²) in [5, 5.41) is 9.80. The summed E-state index contributed by atoms with van der Waals surface area (Å²) in [6.45, 7) is 2.95. The van der Waals surface area contributed by atoms with E-state index < -0.39 is 0 Å². The fourth-order valence-electron chi connectivity index (χ4n) is 2.21. The topological polar surface area (TPSA) is 36.3 Å². The monoisotopic (exact) mass is 346 g/mol. The van der Waals surface area contributed by atoms with Crippen molar-refractivity contribution in [2.45, 2.75) is 18.4 Å². The van der Waals surface area contributed by atoms with Crippen LogP contribution in [0, 0.1) is 11.3 Å². The van der Waals surface area contributed by atoms with Crippen LogP contribution in [0.2, 0.25) is 5.02 Å². The summed E-state index contributed by atoms with van der Waals surface area (Å²) in [5.74, 6) is 2.19. The SMILES string of the molecule is CCSc1c(CN(C)C)cccc1Oc1cc(Cl)ccc1C#N. The third-order valence-electron chi connectivity index (χ3n) is 3.12. The highest BCUT2D eigenvalue weighted by Crippen LogP contribution is 2.37. The Kier molecular flexibility index (Phi) is 6.35. The van der Waals surface area contributed by atoms with Gasteiger partial charge in [0, 0.05) is 17.6 Å². The Morgan fingerprint density at radius 2 is 2.00 bits per heavy atom. The third kappa shape index (κ3) is 4.65. The minimum Gasteiger partial charge on any atom is -0.455 e. The van der Waals surface area contributed by atoms with Gasteiger partial charge in [0.05, 0.1) is 10.5 Å². The van der Waals surface area contributed by atoms with Crippen molar-refractivity contribution in [3.63, 3.8) is 0 Å². The molecule has 0 aromatic heterocycles. The van der Waals surface area contributed by atoms with Crippen molar-refractivity contribution in [2.24, 2.45) is 0 Å². The molecular formula is C18H19ClN2OS. The average Bonchev–Trinajstić information content (AvgIpc) is 2.50. The van der Waals surface area contributed by atoms with Crippen molar-refractivity contribution in [1.29, 1.82) is 5.26 Å². The zero-order chi connectivity index (χ0) is 16.8. The second kappa shape index (κ2) is 8.26. The summed E-state index contributed by atoms with van der Waals surface area (Å²) < 4.78 is 6.04. The van der Waals surface area contributed by atoms with Gasteiger partial charge in [0.2, 0.25) is 0 Å². The molecule has 0 N–H and O–H groups in total. The van der Waals surface area contributed by atoms with E-state index in [4.69, 9.17) is 16.3 Å². The van der Waals surface area contributed by atoms with Gasteiger partial charge in [-0.05, 0) is 43.6 Å². The minimum atomic E-state index is 0.472. The lowest BCUT2D eigenvalue weighted by Gasteiger charge is -2.17. The number of rotatable bonds is 6. The van der Waals surface area contributed by atoms with Crippen molar-refractivity contribution >= 4 is 23.4 Å². The van der Waals surface area contributed by atoms with Crippen LogP contribution >= 0.6 is 23.4 Å². The molecule has 0 aliphatic carbocycles. The van der Waals surface area contributed by atoms with Gasteiger partial charge in [-0.25, -0.2) is 0 Å². The number of ether oxygens (including phenoxy) is 1. The molecule has 2 aromatic carbocycles. The van der Waals surface area contributed by atoms with Gasteiger partial charge in [-0.2, -0.15) is 5.26 Å². The van der Waals surface area contributed by atoms with Crippen LogP contribution in [-0.2, 0) is 6.54 Å². The molecule has 2 rings (SSSR count). The maximum atomic E-state index is 9.25. The van der Waals surface area contributed by atoms with Gasteiger partial charge in [-0.15, -0.1) is 11.8 Å². The summed E-state index contributed by atoms with van der Waals surface area (Å²) >= 11 is 7.78. The molecule has 120 valence electrons. The van der Waals surface area contributed by atoms with Crippen molar-refractivity contribution in [2.75, 3.05) is 19.8 Å². The first-order chi connectivity index (χ1) is 11.0. The number of nitrogens with zero attached hydrogens (tertiary/aromatic N) is 2. The molecule has 0 spiro atoms. The van der Waals surface area contributed by atoms with E-state index >= 15 is 0 Å². The number of halogens is 1. The molecule has 0 unspecified atom stereocenters. The highest BCUT2D eigenvalue weighted by atomic mass is 35.5. The summed E-state index contributed by atoms with van der Waals surface area (Å²) in [6, 6.07) is 13.2. The number of hydrogen-bond donors (Lipinski definition) is 0. The Morgan fingerprint density at radius 3 is 2.65 bits per heavy atom. The molecular weight excluding hydrogens is 328 g/mol. The van der Waals surface area contributed by atoms with E-state index in [9.17, 15) is 5.26 Å². The fraction of sp³-hybridized carbons (Fsp3) is 0.278. The zero-order valence-electron chi connectivity index (χ0n) is 13.5. The highest BCUT2D eigenvalue weighted by molar-refractivity contribution is 7.99. The standard InChI is InChI=1S/C18H19ClN2OS/c1-4-23-18-14(12-21(2)3)6-5-7-16(18)22-17-10-15(19)9-8-13(17)11-20/h5-10H,4,12H2,1-3H3. The first kappa shape index (κ1) is 17.7. The molecule has 0 aliphatic rings. The Morgan fingerprint density at radius 1 is 1.22 bits per heavy atom. The molecule has 0 atom stereocenters. The smallest absolute Gasteiger partial charge is 0.146 e. The van der Waals surface area contributed by atoms with Crippen molar-refractivity contribution < 1.29 is 4.74 Å². The van der Waals surface area contributed by atoms with E-state index in [0.717, 1.165) is 22.9 Å². The average molecular weight is 347 g/mol. The summed E-state index contributed by atoms with van der Waals surface area (Å²) in [6.07, 6.45) is 0. The predicted molar refractivity (Wildman–Crippen MR) is 96.5 cm³/mol. The lowest BCUT2D eigenvalue weighted by Crippen LogP contribution is -2.11. The molecule has 0 heterocycles. The summed E-state index contributed by atoms with van der Waals surface area (Å²) in [7, 11) is 4.08.